The average molecular weight is 392 g/mol. The second kappa shape index (κ2) is 8.15. The summed E-state index contributed by atoms with van der Waals surface area (Å²) in [6.45, 7) is 0.332. The lowest BCUT2D eigenvalue weighted by Gasteiger charge is -2.32. The van der Waals surface area contributed by atoms with Gasteiger partial charge >= 0.3 is 0 Å². The summed E-state index contributed by atoms with van der Waals surface area (Å²) in [5.41, 5.74) is 0.702. The molecule has 1 aliphatic carbocycles. The first-order valence-electron chi connectivity index (χ1n) is 9.02. The number of ether oxygens (including phenoxy) is 1. The van der Waals surface area contributed by atoms with Crippen LogP contribution in [0.1, 0.15) is 37.7 Å². The van der Waals surface area contributed by atoms with E-state index in [-0.39, 0.29) is 23.3 Å². The molecular formula is C18H24N4O4S. The van der Waals surface area contributed by atoms with Crippen molar-refractivity contribution in [2.24, 2.45) is 11.0 Å². The summed E-state index contributed by atoms with van der Waals surface area (Å²) in [5.74, 6) is 0.329. The summed E-state index contributed by atoms with van der Waals surface area (Å²) in [4.78, 5) is 0. The van der Waals surface area contributed by atoms with E-state index in [4.69, 9.17) is 10.00 Å². The van der Waals surface area contributed by atoms with Crippen LogP contribution >= 0.6 is 0 Å². The molecule has 3 atom stereocenters. The van der Waals surface area contributed by atoms with Crippen molar-refractivity contribution in [1.82, 2.24) is 9.73 Å². The number of phenolic OH excluding ortho intramolecular Hbond substituents is 1. The van der Waals surface area contributed by atoms with Crippen molar-refractivity contribution in [2.75, 3.05) is 13.7 Å². The van der Waals surface area contributed by atoms with E-state index >= 15 is 0 Å². The van der Waals surface area contributed by atoms with Gasteiger partial charge in [-0.05, 0) is 36.6 Å². The van der Waals surface area contributed by atoms with E-state index in [1.54, 1.807) is 23.4 Å². The highest BCUT2D eigenvalue weighted by atomic mass is 32.2. The molecule has 1 heterocycles. The minimum atomic E-state index is -3.37. The Balaban J connectivity index is 1.85. The Hall–Kier alpha value is -2.31. The molecule has 1 saturated heterocycles. The van der Waals surface area contributed by atoms with E-state index in [0.29, 0.717) is 24.3 Å². The van der Waals surface area contributed by atoms with Crippen LogP contribution in [-0.4, -0.2) is 49.8 Å². The summed E-state index contributed by atoms with van der Waals surface area (Å²) in [6.07, 6.45) is 4.80. The summed E-state index contributed by atoms with van der Waals surface area (Å²) in [6, 6.07) is 6.93. The van der Waals surface area contributed by atoms with Crippen molar-refractivity contribution in [3.63, 3.8) is 0 Å². The van der Waals surface area contributed by atoms with Gasteiger partial charge in [-0.15, -0.1) is 0 Å². The van der Waals surface area contributed by atoms with E-state index in [9.17, 15) is 13.5 Å². The van der Waals surface area contributed by atoms with Crippen LogP contribution in [0.4, 0.5) is 0 Å². The summed E-state index contributed by atoms with van der Waals surface area (Å²) in [5, 5.41) is 24.4. The zero-order valence-corrected chi connectivity index (χ0v) is 16.0. The Kier molecular flexibility index (Phi) is 5.87. The number of nitriles is 1. The molecule has 2 aliphatic rings. The Morgan fingerprint density at radius 1 is 1.44 bits per heavy atom. The predicted molar refractivity (Wildman–Crippen MR) is 101 cm³/mol. The predicted octanol–water partition coefficient (Wildman–Crippen LogP) is 1.77. The van der Waals surface area contributed by atoms with Crippen LogP contribution in [0.2, 0.25) is 0 Å². The summed E-state index contributed by atoms with van der Waals surface area (Å²) < 4.78 is 32.8. The van der Waals surface area contributed by atoms with Crippen LogP contribution in [0.15, 0.2) is 23.3 Å². The smallest absolute Gasteiger partial charge is 0.216 e. The van der Waals surface area contributed by atoms with Crippen molar-refractivity contribution >= 4 is 16.2 Å². The van der Waals surface area contributed by atoms with Gasteiger partial charge in [-0.1, -0.05) is 12.8 Å². The number of nitrogens with zero attached hydrogens (tertiary/aromatic N) is 3. The maximum absolute atomic E-state index is 12.5. The molecule has 0 bridgehead atoms. The lowest BCUT2D eigenvalue weighted by atomic mass is 9.86. The third-order valence-electron chi connectivity index (χ3n) is 5.18. The molecule has 0 spiro atoms. The first kappa shape index (κ1) is 19.5. The number of aromatic hydroxyl groups is 1. The number of benzene rings is 1. The second-order valence-electron chi connectivity index (χ2n) is 6.84. The zero-order chi connectivity index (χ0) is 19.4. The van der Waals surface area contributed by atoms with E-state index < -0.39 is 16.2 Å². The van der Waals surface area contributed by atoms with Gasteiger partial charge < -0.3 is 9.84 Å². The van der Waals surface area contributed by atoms with Gasteiger partial charge in [0.1, 0.15) is 6.17 Å². The number of hydrogen-bond donors (Lipinski definition) is 2. The average Bonchev–Trinajstić information content (AvgIpc) is 2.94. The van der Waals surface area contributed by atoms with Gasteiger partial charge in [0.2, 0.25) is 10.0 Å². The fraction of sp³-hybridized carbons (Fsp3) is 0.556. The normalized spacial score (nSPS) is 26.4. The molecule has 27 heavy (non-hydrogen) atoms. The van der Waals surface area contributed by atoms with Crippen LogP contribution in [-0.2, 0) is 10.0 Å². The van der Waals surface area contributed by atoms with E-state index in [2.05, 4.69) is 15.9 Å². The second-order valence-corrected chi connectivity index (χ2v) is 8.77. The molecule has 1 saturated carbocycles. The van der Waals surface area contributed by atoms with E-state index in [1.807, 2.05) is 0 Å². The Morgan fingerprint density at radius 3 is 2.96 bits per heavy atom. The minimum Gasteiger partial charge on any atom is -0.504 e. The van der Waals surface area contributed by atoms with Crippen molar-refractivity contribution < 1.29 is 18.3 Å². The lowest BCUT2D eigenvalue weighted by molar-refractivity contribution is 0.133. The molecule has 146 valence electrons. The highest BCUT2D eigenvalue weighted by Gasteiger charge is 2.49. The fourth-order valence-electron chi connectivity index (χ4n) is 3.85. The first-order valence-corrected chi connectivity index (χ1v) is 10.6. The Bertz CT molecular complexity index is 849. The maximum atomic E-state index is 12.5. The number of hydrazone groups is 1. The standard InChI is InChI=1S/C18H24N4O4S/c1-26-16-11-13(7-8-15(16)23)12-20-22(10-4-9-19)18-14-5-2-3-6-17(14)27(24,25)21-18/h7-8,11-12,14,17-18,21,23H,2-6,10H2,1H3/b20-12+. The molecule has 3 unspecified atom stereocenters. The van der Waals surface area contributed by atoms with Crippen molar-refractivity contribution in [2.45, 2.75) is 43.5 Å². The van der Waals surface area contributed by atoms with Crippen LogP contribution in [0, 0.1) is 17.2 Å². The highest BCUT2D eigenvalue weighted by Crippen LogP contribution is 2.38. The van der Waals surface area contributed by atoms with Gasteiger partial charge in [0.25, 0.3) is 0 Å². The molecule has 1 aromatic carbocycles. The number of fused-ring (bicyclic) bond motifs is 1. The number of nitrogens with one attached hydrogen (secondary N) is 1. The molecule has 1 aromatic rings. The Morgan fingerprint density at radius 2 is 2.22 bits per heavy atom. The van der Waals surface area contributed by atoms with Gasteiger partial charge in [-0.2, -0.15) is 15.1 Å². The van der Waals surface area contributed by atoms with Crippen LogP contribution < -0.4 is 9.46 Å². The fourth-order valence-corrected chi connectivity index (χ4v) is 5.88. The number of hydrogen-bond acceptors (Lipinski definition) is 7. The summed E-state index contributed by atoms with van der Waals surface area (Å²) in [7, 11) is -1.90. The molecule has 0 radical (unpaired) electrons. The topological polar surface area (TPSA) is 115 Å². The molecule has 2 N–H and O–H groups in total. The molecule has 3 rings (SSSR count). The van der Waals surface area contributed by atoms with Gasteiger partial charge in [0, 0.05) is 5.92 Å². The molecule has 0 aromatic heterocycles. The minimum absolute atomic E-state index is 0.0320. The molecule has 8 nitrogen and oxygen atoms in total. The van der Waals surface area contributed by atoms with Crippen molar-refractivity contribution in [3.8, 4) is 17.6 Å². The van der Waals surface area contributed by atoms with Gasteiger partial charge in [0.15, 0.2) is 11.5 Å². The maximum Gasteiger partial charge on any atom is 0.216 e. The van der Waals surface area contributed by atoms with E-state index in [1.165, 1.54) is 13.2 Å². The Labute approximate surface area is 159 Å². The number of sulfonamides is 1. The monoisotopic (exact) mass is 392 g/mol. The van der Waals surface area contributed by atoms with Gasteiger partial charge in [-0.25, -0.2) is 8.42 Å². The lowest BCUT2D eigenvalue weighted by Crippen LogP contribution is -2.44. The van der Waals surface area contributed by atoms with Crippen LogP contribution in [0.5, 0.6) is 11.5 Å². The number of rotatable bonds is 6. The van der Waals surface area contributed by atoms with E-state index in [0.717, 1.165) is 19.3 Å². The molecular weight excluding hydrogens is 368 g/mol. The number of phenols is 1. The third kappa shape index (κ3) is 4.17. The highest BCUT2D eigenvalue weighted by molar-refractivity contribution is 7.90. The number of methoxy groups -OCH3 is 1. The van der Waals surface area contributed by atoms with Crippen LogP contribution in [0.25, 0.3) is 0 Å². The summed E-state index contributed by atoms with van der Waals surface area (Å²) >= 11 is 0. The molecule has 9 heteroatoms. The van der Waals surface area contributed by atoms with Gasteiger partial charge in [0.05, 0.1) is 37.6 Å². The molecule has 2 fully saturated rings. The van der Waals surface area contributed by atoms with Crippen molar-refractivity contribution in [3.05, 3.63) is 23.8 Å². The van der Waals surface area contributed by atoms with Crippen molar-refractivity contribution in [1.29, 1.82) is 5.26 Å². The third-order valence-corrected chi connectivity index (χ3v) is 7.13. The SMILES string of the molecule is COc1cc(/C=N/N(CCC#N)C2NS(=O)(=O)C3CCCCC23)ccc1O. The molecule has 0 amide bonds. The largest absolute Gasteiger partial charge is 0.504 e. The van der Waals surface area contributed by atoms with Crippen LogP contribution in [0.3, 0.4) is 0 Å². The zero-order valence-electron chi connectivity index (χ0n) is 15.2. The van der Waals surface area contributed by atoms with Gasteiger partial charge in [-0.3, -0.25) is 5.01 Å². The first-order chi connectivity index (χ1) is 13.0. The molecule has 1 aliphatic heterocycles. The quantitative estimate of drug-likeness (QED) is 0.563.